The molecule has 1 aliphatic heterocycles. The normalized spacial score (nSPS) is 15.8. The molecule has 1 N–H and O–H groups in total. The maximum Gasteiger partial charge on any atom is 0.234 e. The Morgan fingerprint density at radius 2 is 2.23 bits per heavy atom. The van der Waals surface area contributed by atoms with Crippen LogP contribution in [0.15, 0.2) is 55.1 Å². The van der Waals surface area contributed by atoms with Gasteiger partial charge in [0, 0.05) is 18.6 Å². The summed E-state index contributed by atoms with van der Waals surface area (Å²) in [5, 5.41) is 0. The summed E-state index contributed by atoms with van der Waals surface area (Å²) in [6.45, 7) is 2.71. The van der Waals surface area contributed by atoms with Gasteiger partial charge in [-0.25, -0.2) is 4.98 Å². The molecule has 1 amide bonds. The molecule has 6 nitrogen and oxygen atoms in total. The molecule has 1 atom stereocenters. The average Bonchev–Trinajstić information content (AvgIpc) is 3.18. The third kappa shape index (κ3) is 3.31. The lowest BCUT2D eigenvalue weighted by atomic mass is 9.95. The Labute approximate surface area is 151 Å². The highest BCUT2D eigenvalue weighted by molar-refractivity contribution is 5.95. The number of rotatable bonds is 4. The zero-order valence-electron chi connectivity index (χ0n) is 14.6. The second-order valence-corrected chi connectivity index (χ2v) is 6.50. The van der Waals surface area contributed by atoms with Crippen molar-refractivity contribution in [2.45, 2.75) is 19.9 Å². The molecule has 0 fully saturated rings. The molecule has 1 aliphatic rings. The van der Waals surface area contributed by atoms with E-state index in [-0.39, 0.29) is 11.8 Å². The fourth-order valence-corrected chi connectivity index (χ4v) is 3.22. The molecule has 0 unspecified atom stereocenters. The van der Waals surface area contributed by atoms with Gasteiger partial charge in [0.15, 0.2) is 0 Å². The van der Waals surface area contributed by atoms with E-state index in [4.69, 9.17) is 4.74 Å². The van der Waals surface area contributed by atoms with Crippen molar-refractivity contribution in [2.75, 3.05) is 11.5 Å². The first-order valence-electron chi connectivity index (χ1n) is 8.62. The number of ether oxygens (including phenoxy) is 1. The molecule has 26 heavy (non-hydrogen) atoms. The van der Waals surface area contributed by atoms with Crippen LogP contribution in [0.3, 0.4) is 0 Å². The van der Waals surface area contributed by atoms with E-state index in [0.717, 1.165) is 28.4 Å². The number of para-hydroxylation sites is 1. The molecular weight excluding hydrogens is 328 g/mol. The van der Waals surface area contributed by atoms with Crippen LogP contribution < -0.4 is 9.64 Å². The van der Waals surface area contributed by atoms with Crippen molar-refractivity contribution in [1.29, 1.82) is 0 Å². The van der Waals surface area contributed by atoms with E-state index in [0.29, 0.717) is 19.6 Å². The largest absolute Gasteiger partial charge is 0.492 e. The number of nitrogens with zero attached hydrogens (tertiary/aromatic N) is 3. The van der Waals surface area contributed by atoms with Crippen LogP contribution in [0, 0.1) is 12.8 Å². The first-order valence-corrected chi connectivity index (χ1v) is 8.62. The molecule has 3 aromatic rings. The van der Waals surface area contributed by atoms with Gasteiger partial charge in [-0.1, -0.05) is 18.2 Å². The maximum atomic E-state index is 13.3. The van der Waals surface area contributed by atoms with Crippen LogP contribution in [0.2, 0.25) is 0 Å². The first kappa shape index (κ1) is 16.3. The van der Waals surface area contributed by atoms with Crippen molar-refractivity contribution in [3.8, 4) is 5.75 Å². The second kappa shape index (κ2) is 7.00. The monoisotopic (exact) mass is 348 g/mol. The summed E-state index contributed by atoms with van der Waals surface area (Å²) in [6, 6.07) is 9.84. The van der Waals surface area contributed by atoms with Crippen molar-refractivity contribution in [3.05, 3.63) is 72.1 Å². The summed E-state index contributed by atoms with van der Waals surface area (Å²) in [5.74, 6) is 1.38. The SMILES string of the molecule is Cc1cncc(N(Cc2ncc[nH]2)C(=O)[C@H]2COc3ccccc3C2)c1. The van der Waals surface area contributed by atoms with Gasteiger partial charge in [-0.3, -0.25) is 9.78 Å². The van der Waals surface area contributed by atoms with E-state index in [1.807, 2.05) is 37.3 Å². The molecule has 0 spiro atoms. The lowest BCUT2D eigenvalue weighted by Crippen LogP contribution is -2.41. The molecule has 3 heterocycles. The Morgan fingerprint density at radius 3 is 3.04 bits per heavy atom. The third-order valence-corrected chi connectivity index (χ3v) is 4.53. The molecule has 1 aromatic carbocycles. The lowest BCUT2D eigenvalue weighted by molar-refractivity contribution is -0.123. The van der Waals surface area contributed by atoms with Gasteiger partial charge in [-0.15, -0.1) is 0 Å². The summed E-state index contributed by atoms with van der Waals surface area (Å²) in [4.78, 5) is 26.6. The van der Waals surface area contributed by atoms with Crippen molar-refractivity contribution in [1.82, 2.24) is 15.0 Å². The molecule has 0 bridgehead atoms. The predicted octanol–water partition coefficient (Wildman–Crippen LogP) is 2.90. The number of carbonyl (C=O) groups excluding carboxylic acids is 1. The number of fused-ring (bicyclic) bond motifs is 1. The Balaban J connectivity index is 1.62. The van der Waals surface area contributed by atoms with Gasteiger partial charge < -0.3 is 14.6 Å². The average molecular weight is 348 g/mol. The summed E-state index contributed by atoms with van der Waals surface area (Å²) < 4.78 is 5.82. The molecular formula is C20H20N4O2. The summed E-state index contributed by atoms with van der Waals surface area (Å²) in [5.41, 5.74) is 2.84. The highest BCUT2D eigenvalue weighted by Crippen LogP contribution is 2.29. The van der Waals surface area contributed by atoms with Gasteiger partial charge >= 0.3 is 0 Å². The molecule has 4 rings (SSSR count). The number of pyridine rings is 1. The molecule has 0 radical (unpaired) electrons. The number of nitrogens with one attached hydrogen (secondary N) is 1. The van der Waals surface area contributed by atoms with Crippen LogP contribution in [0.25, 0.3) is 0 Å². The zero-order valence-corrected chi connectivity index (χ0v) is 14.6. The fourth-order valence-electron chi connectivity index (χ4n) is 3.22. The number of aromatic amines is 1. The van der Waals surface area contributed by atoms with Crippen molar-refractivity contribution in [3.63, 3.8) is 0 Å². The fraction of sp³-hybridized carbons (Fsp3) is 0.250. The van der Waals surface area contributed by atoms with Gasteiger partial charge in [-0.2, -0.15) is 0 Å². The predicted molar refractivity (Wildman–Crippen MR) is 97.9 cm³/mol. The molecule has 6 heteroatoms. The Morgan fingerprint density at radius 1 is 1.35 bits per heavy atom. The molecule has 0 saturated heterocycles. The summed E-state index contributed by atoms with van der Waals surface area (Å²) in [6.07, 6.45) is 7.60. The summed E-state index contributed by atoms with van der Waals surface area (Å²) >= 11 is 0. The van der Waals surface area contributed by atoms with E-state index in [1.165, 1.54) is 0 Å². The highest BCUT2D eigenvalue weighted by atomic mass is 16.5. The van der Waals surface area contributed by atoms with Crippen molar-refractivity contribution in [2.24, 2.45) is 5.92 Å². The molecule has 2 aromatic heterocycles. The number of aromatic nitrogens is 3. The minimum atomic E-state index is -0.236. The Bertz CT molecular complexity index is 908. The minimum Gasteiger partial charge on any atom is -0.492 e. The number of benzene rings is 1. The highest BCUT2D eigenvalue weighted by Gasteiger charge is 2.31. The Hall–Kier alpha value is -3.15. The van der Waals surface area contributed by atoms with Crippen LogP contribution in [0.4, 0.5) is 5.69 Å². The van der Waals surface area contributed by atoms with Crippen molar-refractivity contribution < 1.29 is 9.53 Å². The van der Waals surface area contributed by atoms with E-state index < -0.39 is 0 Å². The topological polar surface area (TPSA) is 71.1 Å². The van der Waals surface area contributed by atoms with Crippen LogP contribution in [-0.2, 0) is 17.8 Å². The number of anilines is 1. The van der Waals surface area contributed by atoms with Crippen LogP contribution in [0.5, 0.6) is 5.75 Å². The van der Waals surface area contributed by atoms with Gasteiger partial charge in [0.05, 0.1) is 24.3 Å². The standard InChI is InChI=1S/C20H20N4O2/c1-14-8-17(11-21-10-14)24(12-19-22-6-7-23-19)20(25)16-9-15-4-2-3-5-18(15)26-13-16/h2-8,10-11,16H,9,12-13H2,1H3,(H,22,23)/t16-/m1/s1. The number of hydrogen-bond donors (Lipinski definition) is 1. The quantitative estimate of drug-likeness (QED) is 0.787. The zero-order chi connectivity index (χ0) is 17.9. The number of imidazole rings is 1. The molecule has 0 saturated carbocycles. The van der Waals surface area contributed by atoms with Crippen LogP contribution in [-0.4, -0.2) is 27.5 Å². The van der Waals surface area contributed by atoms with Gasteiger partial charge in [-0.05, 0) is 36.6 Å². The first-order chi connectivity index (χ1) is 12.7. The Kier molecular flexibility index (Phi) is 4.39. The lowest BCUT2D eigenvalue weighted by Gasteiger charge is -2.30. The maximum absolute atomic E-state index is 13.3. The minimum absolute atomic E-state index is 0.0169. The number of H-pyrrole nitrogens is 1. The number of carbonyl (C=O) groups is 1. The van der Waals surface area contributed by atoms with Crippen LogP contribution in [0.1, 0.15) is 17.0 Å². The smallest absolute Gasteiger partial charge is 0.234 e. The van der Waals surface area contributed by atoms with Gasteiger partial charge in [0.25, 0.3) is 0 Å². The molecule has 0 aliphatic carbocycles. The summed E-state index contributed by atoms with van der Waals surface area (Å²) in [7, 11) is 0. The molecule has 132 valence electrons. The number of hydrogen-bond acceptors (Lipinski definition) is 4. The van der Waals surface area contributed by atoms with Crippen molar-refractivity contribution >= 4 is 11.6 Å². The van der Waals surface area contributed by atoms with Gasteiger partial charge in [0.1, 0.15) is 18.2 Å². The van der Waals surface area contributed by atoms with E-state index in [2.05, 4.69) is 15.0 Å². The number of aryl methyl sites for hydroxylation is 1. The van der Waals surface area contributed by atoms with Crippen LogP contribution >= 0.6 is 0 Å². The van der Waals surface area contributed by atoms with E-state index in [1.54, 1.807) is 29.7 Å². The second-order valence-electron chi connectivity index (χ2n) is 6.50. The van der Waals surface area contributed by atoms with E-state index in [9.17, 15) is 4.79 Å². The third-order valence-electron chi connectivity index (χ3n) is 4.53. The van der Waals surface area contributed by atoms with Gasteiger partial charge in [0.2, 0.25) is 5.91 Å². The number of amides is 1. The van der Waals surface area contributed by atoms with E-state index >= 15 is 0 Å².